The molecule has 0 aliphatic rings. The van der Waals surface area contributed by atoms with Crippen LogP contribution in [0.4, 0.5) is 4.39 Å². The Balaban J connectivity index is 1.60. The van der Waals surface area contributed by atoms with Crippen LogP contribution >= 0.6 is 0 Å². The van der Waals surface area contributed by atoms with Crippen LogP contribution in [0.2, 0.25) is 0 Å². The van der Waals surface area contributed by atoms with Gasteiger partial charge in [0.2, 0.25) is 5.91 Å². The quantitative estimate of drug-likeness (QED) is 0.330. The summed E-state index contributed by atoms with van der Waals surface area (Å²) < 4.78 is 19.3. The van der Waals surface area contributed by atoms with Crippen molar-refractivity contribution in [2.75, 3.05) is 6.61 Å². The second-order valence-corrected chi connectivity index (χ2v) is 8.53. The number of aromatic nitrogens is 1. The molecule has 1 aromatic heterocycles. The highest BCUT2D eigenvalue weighted by molar-refractivity contribution is 5.88. The normalized spacial score (nSPS) is 11.4. The van der Waals surface area contributed by atoms with Crippen molar-refractivity contribution in [3.05, 3.63) is 132 Å². The lowest BCUT2D eigenvalue weighted by molar-refractivity contribution is -0.142. The van der Waals surface area contributed by atoms with Crippen LogP contribution in [0.25, 0.3) is 0 Å². The maximum atomic E-state index is 13.6. The lowest BCUT2D eigenvalue weighted by Gasteiger charge is -2.31. The van der Waals surface area contributed by atoms with E-state index in [0.717, 1.165) is 11.1 Å². The molecule has 4 rings (SSSR count). The van der Waals surface area contributed by atoms with Crippen molar-refractivity contribution in [1.29, 1.82) is 0 Å². The third kappa shape index (κ3) is 7.73. The smallest absolute Gasteiger partial charge is 0.261 e. The van der Waals surface area contributed by atoms with E-state index >= 15 is 0 Å². The van der Waals surface area contributed by atoms with Crippen LogP contribution in [0.1, 0.15) is 16.7 Å². The zero-order valence-corrected chi connectivity index (χ0v) is 20.3. The third-order valence-corrected chi connectivity index (χ3v) is 5.86. The largest absolute Gasteiger partial charge is 0.484 e. The number of rotatable bonds is 11. The van der Waals surface area contributed by atoms with Gasteiger partial charge in [0.05, 0.1) is 0 Å². The van der Waals surface area contributed by atoms with Gasteiger partial charge in [-0.25, -0.2) is 4.39 Å². The maximum absolute atomic E-state index is 13.6. The highest BCUT2D eigenvalue weighted by Gasteiger charge is 2.30. The van der Waals surface area contributed by atoms with Crippen LogP contribution in [0.5, 0.6) is 5.75 Å². The predicted molar refractivity (Wildman–Crippen MR) is 139 cm³/mol. The number of halogens is 1. The van der Waals surface area contributed by atoms with Gasteiger partial charge in [0.1, 0.15) is 17.6 Å². The molecule has 1 atom stereocenters. The summed E-state index contributed by atoms with van der Waals surface area (Å²) in [5.41, 5.74) is 2.51. The summed E-state index contributed by atoms with van der Waals surface area (Å²) in [6.07, 6.45) is 3.63. The first-order valence-corrected chi connectivity index (χ1v) is 12.0. The average molecular weight is 498 g/mol. The number of para-hydroxylation sites is 1. The van der Waals surface area contributed by atoms with E-state index in [1.165, 1.54) is 17.0 Å². The van der Waals surface area contributed by atoms with E-state index in [0.29, 0.717) is 24.3 Å². The van der Waals surface area contributed by atoms with Gasteiger partial charge < -0.3 is 15.0 Å². The van der Waals surface area contributed by atoms with Crippen molar-refractivity contribution < 1.29 is 18.7 Å². The Bertz CT molecular complexity index is 1270. The van der Waals surface area contributed by atoms with E-state index in [1.807, 2.05) is 60.7 Å². The first kappa shape index (κ1) is 25.6. The molecule has 1 N–H and O–H groups in total. The van der Waals surface area contributed by atoms with Crippen molar-refractivity contribution in [2.45, 2.75) is 25.6 Å². The molecule has 3 aromatic carbocycles. The minimum absolute atomic E-state index is 0.122. The van der Waals surface area contributed by atoms with Crippen molar-refractivity contribution in [1.82, 2.24) is 15.2 Å². The number of pyridine rings is 1. The van der Waals surface area contributed by atoms with Crippen molar-refractivity contribution in [3.8, 4) is 5.75 Å². The molecule has 0 unspecified atom stereocenters. The highest BCUT2D eigenvalue weighted by Crippen LogP contribution is 2.17. The summed E-state index contributed by atoms with van der Waals surface area (Å²) in [5, 5.41) is 2.96. The van der Waals surface area contributed by atoms with Gasteiger partial charge >= 0.3 is 0 Å². The van der Waals surface area contributed by atoms with Gasteiger partial charge in [-0.2, -0.15) is 0 Å². The van der Waals surface area contributed by atoms with Gasteiger partial charge in [0.25, 0.3) is 5.91 Å². The molecule has 7 heteroatoms. The monoisotopic (exact) mass is 497 g/mol. The van der Waals surface area contributed by atoms with Crippen LogP contribution in [0.15, 0.2) is 109 Å². The molecule has 0 aliphatic heterocycles. The van der Waals surface area contributed by atoms with E-state index in [9.17, 15) is 14.0 Å². The Morgan fingerprint density at radius 2 is 1.46 bits per heavy atom. The molecule has 0 bridgehead atoms. The number of nitrogens with zero attached hydrogens (tertiary/aromatic N) is 2. The molecule has 0 radical (unpaired) electrons. The summed E-state index contributed by atoms with van der Waals surface area (Å²) in [7, 11) is 0. The van der Waals surface area contributed by atoms with Crippen LogP contribution in [-0.2, 0) is 29.1 Å². The summed E-state index contributed by atoms with van der Waals surface area (Å²) in [5.74, 6) is -0.465. The van der Waals surface area contributed by atoms with E-state index in [4.69, 9.17) is 4.74 Å². The van der Waals surface area contributed by atoms with E-state index in [-0.39, 0.29) is 30.8 Å². The molecular weight excluding hydrogens is 469 g/mol. The first-order valence-electron chi connectivity index (χ1n) is 12.0. The van der Waals surface area contributed by atoms with E-state index in [1.54, 1.807) is 36.7 Å². The predicted octanol–water partition coefficient (Wildman–Crippen LogP) is 4.56. The number of benzene rings is 3. The lowest BCUT2D eigenvalue weighted by atomic mass is 10.0. The Hall–Kier alpha value is -4.52. The van der Waals surface area contributed by atoms with Gasteiger partial charge in [0.15, 0.2) is 6.61 Å². The zero-order chi connectivity index (χ0) is 25.9. The SMILES string of the molecule is O=C(NCc1ccncc1)[C@H](Cc1ccccc1)N(Cc1ccc(F)cc1)C(=O)COc1ccccc1. The standard InChI is InChI=1S/C30H28FN3O3/c31-26-13-11-25(12-14-26)21-34(29(35)22-37-27-9-5-2-6-10-27)28(19-23-7-3-1-4-8-23)30(36)33-20-24-15-17-32-18-16-24/h1-18,28H,19-22H2,(H,33,36)/t28-/m0/s1. The summed E-state index contributed by atoms with van der Waals surface area (Å²) >= 11 is 0. The number of amides is 2. The van der Waals surface area contributed by atoms with Crippen molar-refractivity contribution >= 4 is 11.8 Å². The number of nitrogens with one attached hydrogen (secondary N) is 1. The van der Waals surface area contributed by atoms with Gasteiger partial charge in [-0.3, -0.25) is 14.6 Å². The molecule has 6 nitrogen and oxygen atoms in total. The Morgan fingerprint density at radius 1 is 0.811 bits per heavy atom. The molecule has 0 fully saturated rings. The molecule has 0 aliphatic carbocycles. The average Bonchev–Trinajstić information content (AvgIpc) is 2.95. The molecule has 4 aromatic rings. The van der Waals surface area contributed by atoms with Crippen LogP contribution < -0.4 is 10.1 Å². The van der Waals surface area contributed by atoms with Gasteiger partial charge in [0, 0.05) is 31.9 Å². The van der Waals surface area contributed by atoms with Gasteiger partial charge in [-0.15, -0.1) is 0 Å². The first-order chi connectivity index (χ1) is 18.1. The fourth-order valence-electron chi connectivity index (χ4n) is 3.89. The van der Waals surface area contributed by atoms with Crippen LogP contribution in [0, 0.1) is 5.82 Å². The van der Waals surface area contributed by atoms with Crippen LogP contribution in [-0.4, -0.2) is 34.3 Å². The number of hydrogen-bond acceptors (Lipinski definition) is 4. The maximum Gasteiger partial charge on any atom is 0.261 e. The summed E-state index contributed by atoms with van der Waals surface area (Å²) in [4.78, 5) is 32.6. The van der Waals surface area contributed by atoms with Crippen molar-refractivity contribution in [3.63, 3.8) is 0 Å². The fourth-order valence-corrected chi connectivity index (χ4v) is 3.89. The molecule has 0 saturated heterocycles. The number of ether oxygens (including phenoxy) is 1. The molecular formula is C30H28FN3O3. The summed E-state index contributed by atoms with van der Waals surface area (Å²) in [6.45, 7) is 0.178. The Morgan fingerprint density at radius 3 is 2.14 bits per heavy atom. The van der Waals surface area contributed by atoms with E-state index in [2.05, 4.69) is 10.3 Å². The third-order valence-electron chi connectivity index (χ3n) is 5.86. The lowest BCUT2D eigenvalue weighted by Crippen LogP contribution is -2.51. The number of carbonyl (C=O) groups excluding carboxylic acids is 2. The number of hydrogen-bond donors (Lipinski definition) is 1. The van der Waals surface area contributed by atoms with Crippen LogP contribution in [0.3, 0.4) is 0 Å². The van der Waals surface area contributed by atoms with Gasteiger partial charge in [-0.1, -0.05) is 60.7 Å². The second kappa shape index (κ2) is 13.0. The van der Waals surface area contributed by atoms with Gasteiger partial charge in [-0.05, 0) is 53.1 Å². The Labute approximate surface area is 215 Å². The second-order valence-electron chi connectivity index (χ2n) is 8.53. The molecule has 2 amide bonds. The zero-order valence-electron chi connectivity index (χ0n) is 20.3. The minimum Gasteiger partial charge on any atom is -0.484 e. The highest BCUT2D eigenvalue weighted by atomic mass is 19.1. The molecule has 1 heterocycles. The summed E-state index contributed by atoms with van der Waals surface area (Å²) in [6, 6.07) is 27.3. The molecule has 188 valence electrons. The molecule has 0 spiro atoms. The molecule has 37 heavy (non-hydrogen) atoms. The van der Waals surface area contributed by atoms with E-state index < -0.39 is 6.04 Å². The Kier molecular flexibility index (Phi) is 8.97. The topological polar surface area (TPSA) is 71.5 Å². The fraction of sp³-hybridized carbons (Fsp3) is 0.167. The minimum atomic E-state index is -0.818. The van der Waals surface area contributed by atoms with Crippen molar-refractivity contribution in [2.24, 2.45) is 0 Å². The molecule has 0 saturated carbocycles. The number of carbonyl (C=O) groups is 2.